The normalized spacial score (nSPS) is 23.4. The Bertz CT molecular complexity index is 450. The molecular formula is C15H22Cl2N2O. The predicted octanol–water partition coefficient (Wildman–Crippen LogP) is 3.17. The summed E-state index contributed by atoms with van der Waals surface area (Å²) in [5, 5.41) is 3.85. The second kappa shape index (κ2) is 7.30. The van der Waals surface area contributed by atoms with E-state index in [2.05, 4.69) is 12.2 Å². The van der Waals surface area contributed by atoms with E-state index in [4.69, 9.17) is 17.3 Å². The molecule has 0 radical (unpaired) electrons. The largest absolute Gasteiger partial charge is 0.349 e. The summed E-state index contributed by atoms with van der Waals surface area (Å²) < 4.78 is 0. The fourth-order valence-corrected chi connectivity index (χ4v) is 2.45. The van der Waals surface area contributed by atoms with Gasteiger partial charge in [-0.3, -0.25) is 4.79 Å². The van der Waals surface area contributed by atoms with Gasteiger partial charge in [-0.15, -0.1) is 12.4 Å². The molecule has 0 spiro atoms. The number of amides is 1. The Morgan fingerprint density at radius 2 is 2.00 bits per heavy atom. The van der Waals surface area contributed by atoms with Gasteiger partial charge in [0, 0.05) is 17.5 Å². The molecule has 0 saturated heterocycles. The molecule has 3 N–H and O–H groups in total. The van der Waals surface area contributed by atoms with E-state index in [9.17, 15) is 4.79 Å². The minimum Gasteiger partial charge on any atom is -0.349 e. The molecule has 1 aromatic rings. The van der Waals surface area contributed by atoms with E-state index >= 15 is 0 Å². The van der Waals surface area contributed by atoms with E-state index < -0.39 is 0 Å². The van der Waals surface area contributed by atoms with Crippen molar-refractivity contribution in [3.8, 4) is 0 Å². The molecule has 0 heterocycles. The maximum Gasteiger partial charge on any atom is 0.224 e. The van der Waals surface area contributed by atoms with Crippen LogP contribution in [0.4, 0.5) is 0 Å². The lowest BCUT2D eigenvalue weighted by atomic mass is 10.00. The summed E-state index contributed by atoms with van der Waals surface area (Å²) in [6.45, 7) is 4.44. The predicted molar refractivity (Wildman–Crippen MR) is 85.1 cm³/mol. The number of nitrogens with one attached hydrogen (secondary N) is 1. The minimum absolute atomic E-state index is 0. The number of benzene rings is 1. The first-order valence-corrected chi connectivity index (χ1v) is 7.16. The second-order valence-electron chi connectivity index (χ2n) is 5.55. The Balaban J connectivity index is 0.00000200. The second-order valence-corrected chi connectivity index (χ2v) is 5.99. The van der Waals surface area contributed by atoms with Crippen LogP contribution in [0.2, 0.25) is 5.02 Å². The number of rotatable bonds is 5. The summed E-state index contributed by atoms with van der Waals surface area (Å²) in [5.74, 6) is 1.06. The first kappa shape index (κ1) is 17.3. The number of carbonyl (C=O) groups excluding carboxylic acids is 1. The van der Waals surface area contributed by atoms with Crippen molar-refractivity contribution in [2.45, 2.75) is 26.3 Å². The first-order valence-electron chi connectivity index (χ1n) is 6.78. The topological polar surface area (TPSA) is 55.1 Å². The van der Waals surface area contributed by atoms with Gasteiger partial charge in [-0.25, -0.2) is 0 Å². The highest BCUT2D eigenvalue weighted by atomic mass is 35.5. The third-order valence-corrected chi connectivity index (χ3v) is 4.18. The fourth-order valence-electron chi connectivity index (χ4n) is 2.33. The van der Waals surface area contributed by atoms with Crippen LogP contribution in [0.3, 0.4) is 0 Å². The molecule has 4 atom stereocenters. The molecular weight excluding hydrogens is 295 g/mol. The highest BCUT2D eigenvalue weighted by molar-refractivity contribution is 6.30. The van der Waals surface area contributed by atoms with Gasteiger partial charge in [-0.2, -0.15) is 0 Å². The van der Waals surface area contributed by atoms with Gasteiger partial charge in [0.25, 0.3) is 0 Å². The van der Waals surface area contributed by atoms with E-state index in [1.807, 2.05) is 31.2 Å². The number of hydrogen-bond donors (Lipinski definition) is 2. The van der Waals surface area contributed by atoms with Crippen molar-refractivity contribution in [1.29, 1.82) is 0 Å². The smallest absolute Gasteiger partial charge is 0.224 e. The first-order chi connectivity index (χ1) is 9.02. The zero-order chi connectivity index (χ0) is 14.0. The Morgan fingerprint density at radius 1 is 1.45 bits per heavy atom. The number of hydrogen-bond acceptors (Lipinski definition) is 2. The number of halogens is 2. The molecule has 1 aromatic carbocycles. The molecule has 112 valence electrons. The molecule has 1 aliphatic carbocycles. The molecule has 1 aliphatic rings. The van der Waals surface area contributed by atoms with E-state index in [0.717, 1.165) is 12.0 Å². The summed E-state index contributed by atoms with van der Waals surface area (Å²) in [7, 11) is 0. The van der Waals surface area contributed by atoms with Gasteiger partial charge in [0.2, 0.25) is 5.91 Å². The molecule has 0 bridgehead atoms. The van der Waals surface area contributed by atoms with Crippen molar-refractivity contribution in [2.24, 2.45) is 23.5 Å². The summed E-state index contributed by atoms with van der Waals surface area (Å²) >= 11 is 5.91. The highest BCUT2D eigenvalue weighted by Crippen LogP contribution is 2.47. The quantitative estimate of drug-likeness (QED) is 0.876. The van der Waals surface area contributed by atoms with Gasteiger partial charge >= 0.3 is 0 Å². The van der Waals surface area contributed by atoms with Crippen LogP contribution in [-0.4, -0.2) is 12.5 Å². The molecule has 3 nitrogen and oxygen atoms in total. The zero-order valence-electron chi connectivity index (χ0n) is 11.8. The van der Waals surface area contributed by atoms with Crippen LogP contribution in [-0.2, 0) is 4.79 Å². The summed E-state index contributed by atoms with van der Waals surface area (Å²) in [5.41, 5.74) is 6.67. The SMILES string of the molecule is CC(CN)C(=O)NC(c1ccc(Cl)cc1)C1CC1C.Cl. The van der Waals surface area contributed by atoms with E-state index in [0.29, 0.717) is 23.4 Å². The average molecular weight is 317 g/mol. The highest BCUT2D eigenvalue weighted by Gasteiger charge is 2.41. The average Bonchev–Trinajstić information content (AvgIpc) is 3.12. The van der Waals surface area contributed by atoms with Crippen LogP contribution in [0.5, 0.6) is 0 Å². The van der Waals surface area contributed by atoms with Crippen molar-refractivity contribution < 1.29 is 4.79 Å². The lowest BCUT2D eigenvalue weighted by Crippen LogP contribution is -2.37. The Kier molecular flexibility index (Phi) is 6.31. The Morgan fingerprint density at radius 3 is 2.45 bits per heavy atom. The van der Waals surface area contributed by atoms with Gasteiger partial charge in [0.05, 0.1) is 6.04 Å². The third kappa shape index (κ3) is 4.11. The Hall–Kier alpha value is -0.770. The van der Waals surface area contributed by atoms with Gasteiger partial charge in [0.15, 0.2) is 0 Å². The molecule has 20 heavy (non-hydrogen) atoms. The monoisotopic (exact) mass is 316 g/mol. The van der Waals surface area contributed by atoms with Crippen molar-refractivity contribution in [1.82, 2.24) is 5.32 Å². The molecule has 2 rings (SSSR count). The summed E-state index contributed by atoms with van der Waals surface area (Å²) in [4.78, 5) is 12.0. The summed E-state index contributed by atoms with van der Waals surface area (Å²) in [6, 6.07) is 7.80. The molecule has 0 aromatic heterocycles. The van der Waals surface area contributed by atoms with Gasteiger partial charge in [-0.1, -0.05) is 37.6 Å². The van der Waals surface area contributed by atoms with Crippen molar-refractivity contribution >= 4 is 29.9 Å². The van der Waals surface area contributed by atoms with Gasteiger partial charge < -0.3 is 11.1 Å². The Labute approximate surface area is 131 Å². The van der Waals surface area contributed by atoms with Crippen LogP contribution >= 0.6 is 24.0 Å². The zero-order valence-corrected chi connectivity index (χ0v) is 13.4. The van der Waals surface area contributed by atoms with Crippen LogP contribution in [0.25, 0.3) is 0 Å². The number of nitrogens with two attached hydrogens (primary N) is 1. The molecule has 4 unspecified atom stereocenters. The minimum atomic E-state index is -0.149. The number of carbonyl (C=O) groups is 1. The van der Waals surface area contributed by atoms with Crippen LogP contribution in [0.1, 0.15) is 31.9 Å². The van der Waals surface area contributed by atoms with Crippen molar-refractivity contribution in [3.05, 3.63) is 34.9 Å². The van der Waals surface area contributed by atoms with Gasteiger partial charge in [-0.05, 0) is 36.0 Å². The maximum absolute atomic E-state index is 12.0. The molecule has 1 amide bonds. The summed E-state index contributed by atoms with van der Waals surface area (Å²) in [6.07, 6.45) is 1.16. The standard InChI is InChI=1S/C15H21ClN2O.ClH/c1-9-7-13(9)14(18-15(19)10(2)8-17)11-3-5-12(16)6-4-11;/h3-6,9-10,13-14H,7-8,17H2,1-2H3,(H,18,19);1H. The van der Waals surface area contributed by atoms with E-state index in [1.165, 1.54) is 0 Å². The third-order valence-electron chi connectivity index (χ3n) is 3.93. The van der Waals surface area contributed by atoms with E-state index in [-0.39, 0.29) is 30.3 Å². The molecule has 1 fully saturated rings. The van der Waals surface area contributed by atoms with Crippen LogP contribution in [0.15, 0.2) is 24.3 Å². The van der Waals surface area contributed by atoms with Crippen molar-refractivity contribution in [2.75, 3.05) is 6.54 Å². The fraction of sp³-hybridized carbons (Fsp3) is 0.533. The lowest BCUT2D eigenvalue weighted by Gasteiger charge is -2.21. The lowest BCUT2D eigenvalue weighted by molar-refractivity contribution is -0.125. The van der Waals surface area contributed by atoms with E-state index in [1.54, 1.807) is 0 Å². The van der Waals surface area contributed by atoms with Crippen LogP contribution in [0, 0.1) is 17.8 Å². The maximum atomic E-state index is 12.0. The van der Waals surface area contributed by atoms with Crippen molar-refractivity contribution in [3.63, 3.8) is 0 Å². The molecule has 0 aliphatic heterocycles. The molecule has 5 heteroatoms. The van der Waals surface area contributed by atoms with Gasteiger partial charge in [0.1, 0.15) is 0 Å². The molecule has 1 saturated carbocycles. The van der Waals surface area contributed by atoms with Crippen LogP contribution < -0.4 is 11.1 Å².